The molecular weight excluding hydrogens is 586 g/mol. The molecule has 2 aromatic carbocycles. The lowest BCUT2D eigenvalue weighted by Gasteiger charge is -2.30. The van der Waals surface area contributed by atoms with Gasteiger partial charge in [0.1, 0.15) is 11.4 Å². The molecule has 0 saturated heterocycles. The van der Waals surface area contributed by atoms with Gasteiger partial charge in [0.25, 0.3) is 17.2 Å². The minimum absolute atomic E-state index is 0.202. The highest BCUT2D eigenvalue weighted by Crippen LogP contribution is 2.29. The maximum absolute atomic E-state index is 15.5. The quantitative estimate of drug-likeness (QED) is 0.169. The van der Waals surface area contributed by atoms with Gasteiger partial charge in [-0.3, -0.25) is 18.4 Å². The van der Waals surface area contributed by atoms with Crippen molar-refractivity contribution in [2.45, 2.75) is 40.3 Å². The number of aromatic amines is 1. The van der Waals surface area contributed by atoms with Crippen LogP contribution in [0.1, 0.15) is 38.3 Å². The maximum Gasteiger partial charge on any atom is 0.329 e. The van der Waals surface area contributed by atoms with Crippen molar-refractivity contribution in [2.75, 3.05) is 16.2 Å². The molecule has 0 spiro atoms. The first-order chi connectivity index (χ1) is 20.2. The second kappa shape index (κ2) is 12.3. The number of hydrogen-bond donors (Lipinski definition) is 5. The molecule has 0 aliphatic carbocycles. The molecule has 2 atom stereocenters. The number of fused-ring (bicyclic) bond motifs is 1. The van der Waals surface area contributed by atoms with E-state index in [1.165, 1.54) is 13.2 Å². The fourth-order valence-corrected chi connectivity index (χ4v) is 5.87. The summed E-state index contributed by atoms with van der Waals surface area (Å²) in [6.07, 6.45) is 2.59. The second-order valence-electron chi connectivity index (χ2n) is 10.2. The molecule has 4 rings (SSSR count). The molecular formula is C28H30F2N6O6S. The number of nitrogens with zero attached hydrogens (tertiary/aromatic N) is 3. The first-order valence-electron chi connectivity index (χ1n) is 13.0. The molecule has 4 aromatic rings. The predicted molar refractivity (Wildman–Crippen MR) is 157 cm³/mol. The lowest BCUT2D eigenvalue weighted by atomic mass is 10.0. The number of rotatable bonds is 10. The van der Waals surface area contributed by atoms with E-state index in [1.807, 2.05) is 6.92 Å². The summed E-state index contributed by atoms with van der Waals surface area (Å²) in [6, 6.07) is 2.57. The standard InChI is InChI=1S/C28H30F2N6O6S/c1-13-6-14(2)23(15(3)7-13)36(43(41)42)21(27(39)40)11-31-26(38)19-12-35(5)24-17(25(19)37)8-20(29)18(22(24)30)10-33-28-32-9-16(4)34-28/h6-9,12,21H,10-11H2,1-5H3,(H,31,38)(H,39,40)(H,41,42)(H2,32,33,34). The Bertz CT molecular complexity index is 1820. The maximum atomic E-state index is 15.5. The molecule has 0 bridgehead atoms. The zero-order chi connectivity index (χ0) is 31.7. The van der Waals surface area contributed by atoms with Crippen molar-refractivity contribution in [3.8, 4) is 0 Å². The highest BCUT2D eigenvalue weighted by atomic mass is 32.2. The zero-order valence-corrected chi connectivity index (χ0v) is 24.7. The Balaban J connectivity index is 1.64. The molecule has 0 aliphatic heterocycles. The highest BCUT2D eigenvalue weighted by Gasteiger charge is 2.33. The largest absolute Gasteiger partial charge is 0.480 e. The molecule has 15 heteroatoms. The van der Waals surface area contributed by atoms with Crippen LogP contribution in [0.3, 0.4) is 0 Å². The van der Waals surface area contributed by atoms with Crippen LogP contribution in [0.5, 0.6) is 0 Å². The smallest absolute Gasteiger partial charge is 0.329 e. The van der Waals surface area contributed by atoms with Crippen molar-refractivity contribution in [3.05, 3.63) is 86.0 Å². The van der Waals surface area contributed by atoms with E-state index in [2.05, 4.69) is 20.6 Å². The van der Waals surface area contributed by atoms with E-state index in [1.54, 1.807) is 32.9 Å². The van der Waals surface area contributed by atoms with Crippen molar-refractivity contribution in [2.24, 2.45) is 7.05 Å². The van der Waals surface area contributed by atoms with Crippen molar-refractivity contribution in [3.63, 3.8) is 0 Å². The summed E-state index contributed by atoms with van der Waals surface area (Å²) in [5, 5.41) is 14.6. The number of aryl methyl sites for hydroxylation is 5. The van der Waals surface area contributed by atoms with Crippen molar-refractivity contribution < 1.29 is 32.2 Å². The van der Waals surface area contributed by atoms with Crippen LogP contribution in [0.2, 0.25) is 0 Å². The SMILES string of the molecule is Cc1cc(C)c(N(C(CNC(=O)c2cn(C)c3c(F)c(CNc4ncc(C)[nH]4)c(F)cc3c2=O)C(=O)O)S(=O)O)c(C)c1. The number of hydrogen-bond acceptors (Lipinski definition) is 6. The summed E-state index contributed by atoms with van der Waals surface area (Å²) in [5.74, 6) is -4.27. The molecule has 0 aliphatic rings. The minimum atomic E-state index is -2.80. The van der Waals surface area contributed by atoms with Gasteiger partial charge in [0.15, 0.2) is 11.9 Å². The molecule has 0 radical (unpaired) electrons. The third-order valence-corrected chi connectivity index (χ3v) is 7.65. The molecule has 2 heterocycles. The lowest BCUT2D eigenvalue weighted by molar-refractivity contribution is -0.138. The Morgan fingerprint density at radius 3 is 2.37 bits per heavy atom. The number of carbonyl (C=O) groups excluding carboxylic acids is 1. The van der Waals surface area contributed by atoms with E-state index in [9.17, 15) is 28.3 Å². The van der Waals surface area contributed by atoms with E-state index in [-0.39, 0.29) is 23.3 Å². The third kappa shape index (κ3) is 6.27. The topological polar surface area (TPSA) is 170 Å². The van der Waals surface area contributed by atoms with Gasteiger partial charge in [0.2, 0.25) is 11.4 Å². The fourth-order valence-electron chi connectivity index (χ4n) is 5.04. The Morgan fingerprint density at radius 1 is 1.16 bits per heavy atom. The number of aromatic nitrogens is 3. The Kier molecular flexibility index (Phi) is 8.96. The van der Waals surface area contributed by atoms with Gasteiger partial charge in [-0.1, -0.05) is 17.7 Å². The summed E-state index contributed by atoms with van der Waals surface area (Å²) in [6.45, 7) is 5.94. The highest BCUT2D eigenvalue weighted by molar-refractivity contribution is 7.80. The molecule has 1 amide bonds. The third-order valence-electron chi connectivity index (χ3n) is 6.88. The predicted octanol–water partition coefficient (Wildman–Crippen LogP) is 3.21. The van der Waals surface area contributed by atoms with Gasteiger partial charge in [-0.2, -0.15) is 0 Å². The number of anilines is 2. The van der Waals surface area contributed by atoms with E-state index in [4.69, 9.17) is 0 Å². The molecule has 228 valence electrons. The van der Waals surface area contributed by atoms with Crippen molar-refractivity contribution >= 4 is 45.7 Å². The van der Waals surface area contributed by atoms with Gasteiger partial charge in [-0.25, -0.2) is 22.8 Å². The van der Waals surface area contributed by atoms with Crippen LogP contribution in [0, 0.1) is 39.3 Å². The number of benzene rings is 2. The number of pyridine rings is 1. The minimum Gasteiger partial charge on any atom is -0.480 e. The number of halogens is 2. The van der Waals surface area contributed by atoms with Crippen LogP contribution in [-0.2, 0) is 29.7 Å². The summed E-state index contributed by atoms with van der Waals surface area (Å²) < 4.78 is 54.8. The number of carboxylic acid groups (broad SMARTS) is 1. The van der Waals surface area contributed by atoms with Crippen LogP contribution in [0.15, 0.2) is 35.4 Å². The summed E-state index contributed by atoms with van der Waals surface area (Å²) >= 11 is -2.80. The van der Waals surface area contributed by atoms with Gasteiger partial charge in [0, 0.05) is 37.2 Å². The average molecular weight is 617 g/mol. The number of aliphatic carboxylic acids is 1. The first kappa shape index (κ1) is 31.3. The van der Waals surface area contributed by atoms with Gasteiger partial charge < -0.3 is 25.3 Å². The van der Waals surface area contributed by atoms with Gasteiger partial charge >= 0.3 is 5.97 Å². The first-order valence-corrected chi connectivity index (χ1v) is 14.0. The van der Waals surface area contributed by atoms with Crippen LogP contribution >= 0.6 is 0 Å². The van der Waals surface area contributed by atoms with E-state index >= 15 is 8.78 Å². The molecule has 0 fully saturated rings. The zero-order valence-electron chi connectivity index (χ0n) is 23.9. The van der Waals surface area contributed by atoms with Crippen LogP contribution in [0.25, 0.3) is 10.9 Å². The Hall–Kier alpha value is -4.63. The normalized spacial score (nSPS) is 12.7. The van der Waals surface area contributed by atoms with Crippen LogP contribution in [0.4, 0.5) is 20.4 Å². The van der Waals surface area contributed by atoms with Gasteiger partial charge in [-0.05, 0) is 44.9 Å². The Labute approximate surface area is 247 Å². The van der Waals surface area contributed by atoms with Crippen molar-refractivity contribution in [1.29, 1.82) is 0 Å². The Morgan fingerprint density at radius 2 is 1.81 bits per heavy atom. The fraction of sp³-hybridized carbons (Fsp3) is 0.286. The number of carbonyl (C=O) groups is 2. The van der Waals surface area contributed by atoms with Gasteiger partial charge in [0.05, 0.1) is 23.1 Å². The molecule has 12 nitrogen and oxygen atoms in total. The van der Waals surface area contributed by atoms with E-state index in [0.717, 1.165) is 32.4 Å². The lowest BCUT2D eigenvalue weighted by Crippen LogP contribution is -2.50. The molecule has 0 saturated carbocycles. The van der Waals surface area contributed by atoms with Crippen molar-refractivity contribution in [1.82, 2.24) is 19.9 Å². The summed E-state index contributed by atoms with van der Waals surface area (Å²) in [5.41, 5.74) is 0.799. The van der Waals surface area contributed by atoms with Gasteiger partial charge in [-0.15, -0.1) is 0 Å². The summed E-state index contributed by atoms with van der Waals surface area (Å²) in [7, 11) is 1.37. The molecule has 2 unspecified atom stereocenters. The number of imidazole rings is 1. The monoisotopic (exact) mass is 616 g/mol. The van der Waals surface area contributed by atoms with E-state index in [0.29, 0.717) is 17.1 Å². The van der Waals surface area contributed by atoms with E-state index < -0.39 is 63.7 Å². The molecule has 5 N–H and O–H groups in total. The van der Waals surface area contributed by atoms with Crippen LogP contribution in [-0.4, -0.2) is 52.9 Å². The van der Waals surface area contributed by atoms with Crippen LogP contribution < -0.4 is 20.4 Å². The number of H-pyrrole nitrogens is 1. The second-order valence-corrected chi connectivity index (χ2v) is 11.0. The number of carboxylic acids is 1. The number of nitrogens with one attached hydrogen (secondary N) is 3. The number of amides is 1. The summed E-state index contributed by atoms with van der Waals surface area (Å²) in [4.78, 5) is 45.5. The average Bonchev–Trinajstić information content (AvgIpc) is 3.33. The molecule has 43 heavy (non-hydrogen) atoms. The molecule has 2 aromatic heterocycles.